The molecule has 2 aromatic rings. The Kier molecular flexibility index (Phi) is 3.14. The molecule has 1 heterocycles. The number of hydrogen-bond acceptors (Lipinski definition) is 4. The number of carbonyl (C=O) groups is 2. The third-order valence-corrected chi connectivity index (χ3v) is 2.75. The summed E-state index contributed by atoms with van der Waals surface area (Å²) < 4.78 is 6.39. The predicted molar refractivity (Wildman–Crippen MR) is 66.4 cm³/mol. The van der Waals surface area contributed by atoms with Gasteiger partial charge in [-0.25, -0.2) is 4.79 Å². The average Bonchev–Trinajstić information content (AvgIpc) is 2.71. The molecule has 0 saturated heterocycles. The highest BCUT2D eigenvalue weighted by atomic mass is 16.5. The maximum Gasteiger partial charge on any atom is 0.379 e. The Morgan fingerprint density at radius 2 is 2.11 bits per heavy atom. The summed E-state index contributed by atoms with van der Waals surface area (Å²) in [6.07, 6.45) is 1.86. The lowest BCUT2D eigenvalue weighted by Gasteiger charge is -2.04. The zero-order chi connectivity index (χ0) is 13.3. The first kappa shape index (κ1) is 12.3. The van der Waals surface area contributed by atoms with Crippen LogP contribution in [0.2, 0.25) is 0 Å². The smallest absolute Gasteiger partial charge is 0.379 e. The molecule has 2 rings (SSSR count). The number of benzene rings is 1. The first-order valence-corrected chi connectivity index (χ1v) is 5.69. The third kappa shape index (κ3) is 1.99. The normalized spacial score (nSPS) is 10.6. The number of hydrogen-bond donors (Lipinski definition) is 0. The second-order valence-corrected chi connectivity index (χ2v) is 4.03. The summed E-state index contributed by atoms with van der Waals surface area (Å²) in [5.74, 6) is -1.45. The molecule has 0 saturated carbocycles. The van der Waals surface area contributed by atoms with Gasteiger partial charge in [0.1, 0.15) is 0 Å². The Morgan fingerprint density at radius 3 is 2.78 bits per heavy atom. The van der Waals surface area contributed by atoms with Gasteiger partial charge in [-0.05, 0) is 25.5 Å². The van der Waals surface area contributed by atoms with Crippen molar-refractivity contribution in [1.82, 2.24) is 9.78 Å². The van der Waals surface area contributed by atoms with Crippen LogP contribution < -0.4 is 0 Å². The van der Waals surface area contributed by atoms with E-state index in [2.05, 4.69) is 5.10 Å². The minimum Gasteiger partial charge on any atom is -0.460 e. The number of aromatic nitrogens is 2. The molecule has 0 aliphatic carbocycles. The molecular weight excluding hydrogens is 232 g/mol. The number of nitrogens with zero attached hydrogens (tertiary/aromatic N) is 2. The molecule has 0 bridgehead atoms. The third-order valence-electron chi connectivity index (χ3n) is 2.75. The molecule has 94 valence electrons. The van der Waals surface area contributed by atoms with E-state index in [4.69, 9.17) is 4.74 Å². The van der Waals surface area contributed by atoms with Crippen molar-refractivity contribution < 1.29 is 14.3 Å². The molecule has 18 heavy (non-hydrogen) atoms. The highest BCUT2D eigenvalue weighted by molar-refractivity contribution is 6.41. The zero-order valence-corrected chi connectivity index (χ0v) is 10.6. The zero-order valence-electron chi connectivity index (χ0n) is 10.6. The SMILES string of the molecule is CCOC(=O)C(=O)c1ccc2cn(C)nc2c1C. The summed E-state index contributed by atoms with van der Waals surface area (Å²) in [5.41, 5.74) is 1.78. The van der Waals surface area contributed by atoms with Crippen molar-refractivity contribution in [3.63, 3.8) is 0 Å². The Bertz CT molecular complexity index is 628. The summed E-state index contributed by atoms with van der Waals surface area (Å²) >= 11 is 0. The number of esters is 1. The first-order valence-electron chi connectivity index (χ1n) is 5.69. The number of Topliss-reactive ketones (excluding diaryl/α,β-unsaturated/α-hetero) is 1. The summed E-state index contributed by atoms with van der Waals surface area (Å²) in [4.78, 5) is 23.3. The highest BCUT2D eigenvalue weighted by Gasteiger charge is 2.21. The Hall–Kier alpha value is -2.17. The Labute approximate surface area is 104 Å². The van der Waals surface area contributed by atoms with Gasteiger partial charge < -0.3 is 4.74 Å². The van der Waals surface area contributed by atoms with Crippen LogP contribution in [-0.4, -0.2) is 28.1 Å². The fourth-order valence-corrected chi connectivity index (χ4v) is 1.90. The van der Waals surface area contributed by atoms with Crippen molar-refractivity contribution in [3.8, 4) is 0 Å². The van der Waals surface area contributed by atoms with E-state index < -0.39 is 11.8 Å². The van der Waals surface area contributed by atoms with E-state index in [1.165, 1.54) is 0 Å². The fourth-order valence-electron chi connectivity index (χ4n) is 1.90. The van der Waals surface area contributed by atoms with E-state index in [1.807, 2.05) is 13.2 Å². The minimum absolute atomic E-state index is 0.190. The number of ketones is 1. The van der Waals surface area contributed by atoms with Gasteiger partial charge in [0.15, 0.2) is 0 Å². The number of rotatable bonds is 3. The molecule has 0 atom stereocenters. The molecule has 1 aromatic carbocycles. The summed E-state index contributed by atoms with van der Waals surface area (Å²) in [7, 11) is 1.81. The summed E-state index contributed by atoms with van der Waals surface area (Å²) in [6.45, 7) is 3.64. The van der Waals surface area contributed by atoms with Gasteiger partial charge in [0.25, 0.3) is 5.78 Å². The lowest BCUT2D eigenvalue weighted by Crippen LogP contribution is -2.18. The molecule has 0 N–H and O–H groups in total. The first-order chi connectivity index (χ1) is 8.54. The lowest BCUT2D eigenvalue weighted by molar-refractivity contribution is -0.137. The molecule has 0 aliphatic heterocycles. The monoisotopic (exact) mass is 246 g/mol. The van der Waals surface area contributed by atoms with Crippen molar-refractivity contribution in [2.45, 2.75) is 13.8 Å². The van der Waals surface area contributed by atoms with Crippen LogP contribution >= 0.6 is 0 Å². The number of carbonyl (C=O) groups excluding carboxylic acids is 2. The van der Waals surface area contributed by atoms with Crippen LogP contribution in [0, 0.1) is 6.92 Å². The number of ether oxygens (including phenoxy) is 1. The fraction of sp³-hybridized carbons (Fsp3) is 0.308. The topological polar surface area (TPSA) is 61.2 Å². The molecule has 0 radical (unpaired) electrons. The van der Waals surface area contributed by atoms with E-state index in [9.17, 15) is 9.59 Å². The van der Waals surface area contributed by atoms with E-state index in [-0.39, 0.29) is 6.61 Å². The average molecular weight is 246 g/mol. The van der Waals surface area contributed by atoms with Crippen molar-refractivity contribution in [2.75, 3.05) is 6.61 Å². The van der Waals surface area contributed by atoms with Crippen LogP contribution in [0.3, 0.4) is 0 Å². The van der Waals surface area contributed by atoms with Gasteiger partial charge in [0, 0.05) is 24.2 Å². The van der Waals surface area contributed by atoms with Crippen molar-refractivity contribution in [1.29, 1.82) is 0 Å². The number of fused-ring (bicyclic) bond motifs is 1. The van der Waals surface area contributed by atoms with E-state index in [0.29, 0.717) is 11.1 Å². The van der Waals surface area contributed by atoms with Gasteiger partial charge in [0.05, 0.1) is 12.1 Å². The second kappa shape index (κ2) is 4.60. The second-order valence-electron chi connectivity index (χ2n) is 4.03. The molecule has 5 heteroatoms. The van der Waals surface area contributed by atoms with Crippen LogP contribution in [0.25, 0.3) is 10.9 Å². The Morgan fingerprint density at radius 1 is 1.39 bits per heavy atom. The number of aryl methyl sites for hydroxylation is 2. The van der Waals surface area contributed by atoms with Crippen molar-refractivity contribution in [2.24, 2.45) is 7.05 Å². The maximum absolute atomic E-state index is 11.9. The lowest BCUT2D eigenvalue weighted by atomic mass is 10.0. The van der Waals surface area contributed by atoms with Crippen molar-refractivity contribution >= 4 is 22.7 Å². The van der Waals surface area contributed by atoms with Crippen LogP contribution in [0.5, 0.6) is 0 Å². The van der Waals surface area contributed by atoms with Gasteiger partial charge >= 0.3 is 5.97 Å². The van der Waals surface area contributed by atoms with Crippen LogP contribution in [0.4, 0.5) is 0 Å². The van der Waals surface area contributed by atoms with Gasteiger partial charge in [-0.3, -0.25) is 9.48 Å². The van der Waals surface area contributed by atoms with Crippen LogP contribution in [-0.2, 0) is 16.6 Å². The van der Waals surface area contributed by atoms with Crippen LogP contribution in [0.1, 0.15) is 22.8 Å². The molecule has 0 aliphatic rings. The van der Waals surface area contributed by atoms with E-state index in [0.717, 1.165) is 10.9 Å². The molecule has 0 amide bonds. The molecular formula is C13H14N2O3. The van der Waals surface area contributed by atoms with Crippen molar-refractivity contribution in [3.05, 3.63) is 29.5 Å². The largest absolute Gasteiger partial charge is 0.460 e. The molecule has 1 aromatic heterocycles. The molecule has 5 nitrogen and oxygen atoms in total. The standard InChI is InChI=1S/C13H14N2O3/c1-4-18-13(17)12(16)10-6-5-9-7-15(3)14-11(9)8(10)2/h5-7H,4H2,1-3H3. The Balaban J connectivity index is 2.48. The summed E-state index contributed by atoms with van der Waals surface area (Å²) in [5, 5.41) is 5.21. The molecule has 0 unspecified atom stereocenters. The summed E-state index contributed by atoms with van der Waals surface area (Å²) in [6, 6.07) is 3.42. The van der Waals surface area contributed by atoms with Gasteiger partial charge in [-0.15, -0.1) is 0 Å². The van der Waals surface area contributed by atoms with Gasteiger partial charge in [-0.1, -0.05) is 6.07 Å². The van der Waals surface area contributed by atoms with E-state index >= 15 is 0 Å². The predicted octanol–water partition coefficient (Wildman–Crippen LogP) is 1.63. The highest BCUT2D eigenvalue weighted by Crippen LogP contribution is 2.20. The van der Waals surface area contributed by atoms with Gasteiger partial charge in [-0.2, -0.15) is 5.10 Å². The molecule has 0 fully saturated rings. The molecule has 0 spiro atoms. The minimum atomic E-state index is -0.823. The van der Waals surface area contributed by atoms with Gasteiger partial charge in [0.2, 0.25) is 0 Å². The quantitative estimate of drug-likeness (QED) is 0.469. The van der Waals surface area contributed by atoms with Crippen LogP contribution in [0.15, 0.2) is 18.3 Å². The maximum atomic E-state index is 11.9. The van der Waals surface area contributed by atoms with E-state index in [1.54, 1.807) is 30.7 Å².